The minimum Gasteiger partial charge on any atom is -0.507 e. The predicted octanol–water partition coefficient (Wildman–Crippen LogP) is 9.17. The molecule has 0 aromatic heterocycles. The van der Waals surface area contributed by atoms with Gasteiger partial charge in [0.2, 0.25) is 0 Å². The van der Waals surface area contributed by atoms with E-state index in [-0.39, 0.29) is 0 Å². The number of hydrogen-bond donors (Lipinski definition) is 4. The molecular weight excluding hydrogens is 584 g/mol. The summed E-state index contributed by atoms with van der Waals surface area (Å²) in [6.45, 7) is 8.49. The number of carboxylic acids is 2. The molecule has 0 spiro atoms. The first-order valence-electron chi connectivity index (χ1n) is 17.3. The van der Waals surface area contributed by atoms with Crippen LogP contribution in [0.25, 0.3) is 0 Å². The molecule has 6 nitrogen and oxygen atoms in total. The summed E-state index contributed by atoms with van der Waals surface area (Å²) in [5, 5.41) is 41.7. The fraction of sp³-hybridized carbons (Fsp3) is 0.632. The van der Waals surface area contributed by atoms with Crippen LogP contribution in [-0.2, 0) is 48.1 Å². The highest BCUT2D eigenvalue weighted by molar-refractivity contribution is 7.99. The molecule has 4 N–H and O–H groups in total. The maximum absolute atomic E-state index is 12.2. The third-order valence-electron chi connectivity index (χ3n) is 8.74. The van der Waals surface area contributed by atoms with E-state index in [9.17, 15) is 30.0 Å². The van der Waals surface area contributed by atoms with E-state index in [1.54, 1.807) is 11.8 Å². The molecule has 0 aliphatic heterocycles. The van der Waals surface area contributed by atoms with Crippen molar-refractivity contribution in [3.63, 3.8) is 0 Å². The molecule has 7 heteroatoms. The minimum atomic E-state index is -0.817. The first-order chi connectivity index (χ1) is 21.6. The Labute approximate surface area is 276 Å². The van der Waals surface area contributed by atoms with E-state index in [0.717, 1.165) is 110 Å². The van der Waals surface area contributed by atoms with Crippen LogP contribution < -0.4 is 0 Å². The van der Waals surface area contributed by atoms with E-state index in [1.165, 1.54) is 0 Å². The van der Waals surface area contributed by atoms with Crippen molar-refractivity contribution < 1.29 is 30.0 Å². The molecule has 0 radical (unpaired) electrons. The quantitative estimate of drug-likeness (QED) is 0.0844. The molecule has 45 heavy (non-hydrogen) atoms. The van der Waals surface area contributed by atoms with Gasteiger partial charge in [0, 0.05) is 0 Å². The van der Waals surface area contributed by atoms with Gasteiger partial charge in [0.25, 0.3) is 0 Å². The Hall–Kier alpha value is -2.67. The van der Waals surface area contributed by atoms with E-state index in [1.807, 2.05) is 24.3 Å². The molecule has 0 aliphatic rings. The molecule has 0 heterocycles. The van der Waals surface area contributed by atoms with Gasteiger partial charge < -0.3 is 20.4 Å². The number of hydrogen-bond acceptors (Lipinski definition) is 5. The van der Waals surface area contributed by atoms with Gasteiger partial charge in [0.1, 0.15) is 11.5 Å². The lowest BCUT2D eigenvalue weighted by atomic mass is 9.91. The first-order valence-corrected chi connectivity index (χ1v) is 18.5. The highest BCUT2D eigenvalue weighted by Crippen LogP contribution is 2.31. The van der Waals surface area contributed by atoms with Crippen LogP contribution in [0.5, 0.6) is 11.5 Å². The molecule has 0 saturated carbocycles. The molecule has 2 aromatic carbocycles. The summed E-state index contributed by atoms with van der Waals surface area (Å²) < 4.78 is 0. The van der Waals surface area contributed by atoms with E-state index in [2.05, 4.69) is 27.7 Å². The SMILES string of the molecule is CCCCc1cc(CC(CCSCCC(Cc2cc(CCCC)c(O)c(CCCC)c2)C(=O)O)C(=O)O)cc(CCCC)c1O. The van der Waals surface area contributed by atoms with E-state index in [4.69, 9.17) is 0 Å². The molecule has 0 fully saturated rings. The fourth-order valence-electron chi connectivity index (χ4n) is 5.88. The van der Waals surface area contributed by atoms with Crippen molar-refractivity contribution >= 4 is 23.7 Å². The van der Waals surface area contributed by atoms with E-state index in [0.29, 0.717) is 48.7 Å². The zero-order chi connectivity index (χ0) is 33.2. The van der Waals surface area contributed by atoms with Crippen molar-refractivity contribution in [2.75, 3.05) is 11.5 Å². The Balaban J connectivity index is 2.02. The van der Waals surface area contributed by atoms with Crippen molar-refractivity contribution in [1.29, 1.82) is 0 Å². The van der Waals surface area contributed by atoms with Gasteiger partial charge in [-0.05, 0) is 122 Å². The fourth-order valence-corrected chi connectivity index (χ4v) is 6.99. The zero-order valence-electron chi connectivity index (χ0n) is 28.2. The highest BCUT2D eigenvalue weighted by atomic mass is 32.2. The molecule has 252 valence electrons. The lowest BCUT2D eigenvalue weighted by Crippen LogP contribution is -2.19. The largest absolute Gasteiger partial charge is 0.507 e. The van der Waals surface area contributed by atoms with Crippen molar-refractivity contribution in [3.05, 3.63) is 57.6 Å². The maximum atomic E-state index is 12.2. The van der Waals surface area contributed by atoms with Gasteiger partial charge in [-0.25, -0.2) is 0 Å². The molecule has 0 saturated heterocycles. The van der Waals surface area contributed by atoms with Crippen LogP contribution in [-0.4, -0.2) is 43.9 Å². The van der Waals surface area contributed by atoms with Crippen molar-refractivity contribution in [3.8, 4) is 11.5 Å². The highest BCUT2D eigenvalue weighted by Gasteiger charge is 2.22. The van der Waals surface area contributed by atoms with Crippen LogP contribution in [0.3, 0.4) is 0 Å². The van der Waals surface area contributed by atoms with E-state index < -0.39 is 23.8 Å². The lowest BCUT2D eigenvalue weighted by molar-refractivity contribution is -0.142. The number of phenols is 2. The van der Waals surface area contributed by atoms with Gasteiger partial charge in [-0.1, -0.05) is 77.6 Å². The molecule has 2 aromatic rings. The standard InChI is InChI=1S/C38H58O6S/c1-5-9-13-29-21-27(22-30(35(29)39)14-10-6-2)25-33(37(41)42)17-19-45-20-18-34(38(43)44)26-28-23-31(15-11-7-3)36(40)32(24-28)16-12-8-4/h21-24,33-34,39-40H,5-20,25-26H2,1-4H3,(H,41,42)(H,43,44). The lowest BCUT2D eigenvalue weighted by Gasteiger charge is -2.17. The predicted molar refractivity (Wildman–Crippen MR) is 187 cm³/mol. The number of unbranched alkanes of at least 4 members (excludes halogenated alkanes) is 4. The smallest absolute Gasteiger partial charge is 0.306 e. The van der Waals surface area contributed by atoms with Gasteiger partial charge in [-0.15, -0.1) is 0 Å². The minimum absolute atomic E-state index is 0.373. The number of aliphatic carboxylic acids is 2. The number of rotatable bonds is 24. The molecule has 0 bridgehead atoms. The summed E-state index contributed by atoms with van der Waals surface area (Å²) in [7, 11) is 0. The van der Waals surface area contributed by atoms with Gasteiger partial charge >= 0.3 is 11.9 Å². The Morgan fingerprint density at radius 1 is 0.578 bits per heavy atom. The number of aryl methyl sites for hydroxylation is 4. The van der Waals surface area contributed by atoms with Gasteiger partial charge in [0.05, 0.1) is 11.8 Å². The summed E-state index contributed by atoms with van der Waals surface area (Å²) in [6.07, 6.45) is 13.1. The number of aromatic hydroxyl groups is 2. The first kappa shape index (κ1) is 38.5. The van der Waals surface area contributed by atoms with Crippen molar-refractivity contribution in [2.24, 2.45) is 11.8 Å². The Morgan fingerprint density at radius 3 is 1.11 bits per heavy atom. The van der Waals surface area contributed by atoms with Crippen LogP contribution >= 0.6 is 11.8 Å². The molecule has 0 amide bonds. The average Bonchev–Trinajstić information content (AvgIpc) is 3.01. The molecule has 0 aliphatic carbocycles. The zero-order valence-corrected chi connectivity index (χ0v) is 29.0. The van der Waals surface area contributed by atoms with Gasteiger partial charge in [0.15, 0.2) is 0 Å². The number of phenolic OH excluding ortho intramolecular Hbond substituents is 2. The van der Waals surface area contributed by atoms with Crippen LogP contribution in [0.1, 0.15) is 125 Å². The van der Waals surface area contributed by atoms with Crippen molar-refractivity contribution in [1.82, 2.24) is 0 Å². The van der Waals surface area contributed by atoms with Crippen LogP contribution in [0, 0.1) is 11.8 Å². The van der Waals surface area contributed by atoms with Crippen LogP contribution in [0.2, 0.25) is 0 Å². The topological polar surface area (TPSA) is 115 Å². The average molecular weight is 643 g/mol. The number of thioether (sulfide) groups is 1. The Kier molecular flexibility index (Phi) is 18.1. The van der Waals surface area contributed by atoms with Crippen LogP contribution in [0.4, 0.5) is 0 Å². The number of carbonyl (C=O) groups is 2. The number of benzene rings is 2. The Morgan fingerprint density at radius 2 is 0.867 bits per heavy atom. The monoisotopic (exact) mass is 642 g/mol. The third kappa shape index (κ3) is 13.3. The molecule has 2 atom stereocenters. The second-order valence-corrected chi connectivity index (χ2v) is 13.8. The van der Waals surface area contributed by atoms with Crippen molar-refractivity contribution in [2.45, 2.75) is 130 Å². The number of carboxylic acid groups (broad SMARTS) is 2. The normalized spacial score (nSPS) is 12.7. The second kappa shape index (κ2) is 21.2. The Bertz CT molecular complexity index is 1040. The summed E-state index contributed by atoms with van der Waals surface area (Å²) in [5.74, 6) is -0.658. The molecule has 2 rings (SSSR count). The summed E-state index contributed by atoms with van der Waals surface area (Å²) >= 11 is 1.62. The molecular formula is C38H58O6S. The summed E-state index contributed by atoms with van der Waals surface area (Å²) in [5.41, 5.74) is 5.62. The molecule has 2 unspecified atom stereocenters. The third-order valence-corrected chi connectivity index (χ3v) is 9.79. The summed E-state index contributed by atoms with van der Waals surface area (Å²) in [6, 6.07) is 7.97. The second-order valence-electron chi connectivity index (χ2n) is 12.6. The van der Waals surface area contributed by atoms with Crippen LogP contribution in [0.15, 0.2) is 24.3 Å². The van der Waals surface area contributed by atoms with Gasteiger partial charge in [-0.2, -0.15) is 11.8 Å². The van der Waals surface area contributed by atoms with E-state index >= 15 is 0 Å². The van der Waals surface area contributed by atoms with Gasteiger partial charge in [-0.3, -0.25) is 9.59 Å². The maximum Gasteiger partial charge on any atom is 0.306 e. The summed E-state index contributed by atoms with van der Waals surface area (Å²) in [4.78, 5) is 24.4.